The molecule has 72 valence electrons. The molecule has 0 amide bonds. The van der Waals surface area contributed by atoms with E-state index in [0.29, 0.717) is 0 Å². The number of carbonyl (C=O) groups is 2. The third-order valence-electron chi connectivity index (χ3n) is 1.21. The van der Waals surface area contributed by atoms with Crippen molar-refractivity contribution in [3.63, 3.8) is 0 Å². The Hall–Kier alpha value is -1.46. The fourth-order valence-electron chi connectivity index (χ4n) is 0.615. The number of hydrogen-bond acceptors (Lipinski definition) is 5. The van der Waals surface area contributed by atoms with Crippen LogP contribution in [0.1, 0.15) is 12.8 Å². The van der Waals surface area contributed by atoms with E-state index in [1.54, 1.807) is 0 Å². The highest BCUT2D eigenvalue weighted by atomic mass is 32.1. The van der Waals surface area contributed by atoms with E-state index in [-0.39, 0.29) is 12.8 Å². The van der Waals surface area contributed by atoms with Crippen molar-refractivity contribution in [1.82, 2.24) is 5.43 Å². The highest BCUT2D eigenvalue weighted by Gasteiger charge is 2.17. The van der Waals surface area contributed by atoms with Crippen LogP contribution in [0.4, 0.5) is 0 Å². The van der Waals surface area contributed by atoms with E-state index >= 15 is 0 Å². The maximum absolute atomic E-state index is 10.4. The lowest BCUT2D eigenvalue weighted by Gasteiger charge is -2.08. The van der Waals surface area contributed by atoms with Gasteiger partial charge in [-0.3, -0.25) is 10.2 Å². The van der Waals surface area contributed by atoms with Crippen LogP contribution in [-0.2, 0) is 9.59 Å². The summed E-state index contributed by atoms with van der Waals surface area (Å²) in [5.41, 5.74) is 2.17. The summed E-state index contributed by atoms with van der Waals surface area (Å²) in [6, 6.07) is -1.04. The summed E-state index contributed by atoms with van der Waals surface area (Å²) in [5, 5.41) is 22.0. The Balaban J connectivity index is 4.01. The SMILES string of the molecule is O=C(O)CC[C@H](NN=C=S)C(=O)O. The smallest absolute Gasteiger partial charge is 0.327 e. The zero-order valence-corrected chi connectivity index (χ0v) is 7.37. The van der Waals surface area contributed by atoms with Crippen LogP contribution in [0, 0.1) is 0 Å². The maximum atomic E-state index is 10.4. The molecule has 0 unspecified atom stereocenters. The van der Waals surface area contributed by atoms with Crippen LogP contribution < -0.4 is 5.43 Å². The Labute approximate surface area is 79.2 Å². The summed E-state index contributed by atoms with van der Waals surface area (Å²) in [5.74, 6) is -2.23. The fraction of sp³-hybridized carbons (Fsp3) is 0.500. The molecule has 0 aromatic carbocycles. The first-order valence-corrected chi connectivity index (χ1v) is 3.75. The molecule has 0 heterocycles. The molecule has 0 aliphatic rings. The largest absolute Gasteiger partial charge is 0.481 e. The predicted molar refractivity (Wildman–Crippen MR) is 46.5 cm³/mol. The van der Waals surface area contributed by atoms with E-state index in [1.807, 2.05) is 5.16 Å². The zero-order chi connectivity index (χ0) is 10.3. The van der Waals surface area contributed by atoms with Crippen molar-refractivity contribution >= 4 is 29.3 Å². The molecule has 0 aliphatic carbocycles. The molecule has 0 spiro atoms. The average molecular weight is 204 g/mol. The van der Waals surface area contributed by atoms with Crippen molar-refractivity contribution in [2.75, 3.05) is 0 Å². The van der Waals surface area contributed by atoms with Gasteiger partial charge in [0.25, 0.3) is 0 Å². The van der Waals surface area contributed by atoms with Crippen molar-refractivity contribution in [2.45, 2.75) is 18.9 Å². The van der Waals surface area contributed by atoms with Gasteiger partial charge in [-0.15, -0.1) is 5.10 Å². The molecule has 3 N–H and O–H groups in total. The minimum absolute atomic E-state index is 0.0504. The molecular formula is C6H8N2O4S. The third-order valence-corrected chi connectivity index (χ3v) is 1.30. The second-order valence-electron chi connectivity index (χ2n) is 2.16. The van der Waals surface area contributed by atoms with Crippen LogP contribution >= 0.6 is 12.2 Å². The van der Waals surface area contributed by atoms with Gasteiger partial charge in [0.05, 0.1) is 5.16 Å². The second kappa shape index (κ2) is 6.10. The first-order valence-electron chi connectivity index (χ1n) is 3.35. The lowest BCUT2D eigenvalue weighted by Crippen LogP contribution is -2.33. The van der Waals surface area contributed by atoms with E-state index in [2.05, 4.69) is 22.7 Å². The molecule has 0 fully saturated rings. The molecular weight excluding hydrogens is 196 g/mol. The number of carboxylic acids is 2. The normalized spacial score (nSPS) is 11.1. The average Bonchev–Trinajstić information content (AvgIpc) is 2.03. The Kier molecular flexibility index (Phi) is 5.42. The number of nitrogens with one attached hydrogen (secondary N) is 1. The number of hydrazone groups is 1. The van der Waals surface area contributed by atoms with Crippen LogP contribution in [0.15, 0.2) is 5.10 Å². The van der Waals surface area contributed by atoms with Crippen LogP contribution in [0.2, 0.25) is 0 Å². The molecule has 13 heavy (non-hydrogen) atoms. The van der Waals surface area contributed by atoms with Gasteiger partial charge in [-0.25, -0.2) is 4.79 Å². The molecule has 0 aromatic heterocycles. The van der Waals surface area contributed by atoms with Gasteiger partial charge in [-0.05, 0) is 18.6 Å². The second-order valence-corrected chi connectivity index (χ2v) is 2.34. The highest BCUT2D eigenvalue weighted by molar-refractivity contribution is 7.78. The molecule has 0 aromatic rings. The van der Waals surface area contributed by atoms with Gasteiger partial charge in [-0.1, -0.05) is 0 Å². The summed E-state index contributed by atoms with van der Waals surface area (Å²) in [6.45, 7) is 0. The molecule has 0 radical (unpaired) electrons. The van der Waals surface area contributed by atoms with Crippen molar-refractivity contribution in [1.29, 1.82) is 0 Å². The summed E-state index contributed by atoms with van der Waals surface area (Å²) >= 11 is 4.20. The third kappa shape index (κ3) is 5.77. The van der Waals surface area contributed by atoms with Gasteiger partial charge in [0.15, 0.2) is 0 Å². The number of aliphatic carboxylic acids is 2. The Morgan fingerprint density at radius 1 is 1.54 bits per heavy atom. The minimum Gasteiger partial charge on any atom is -0.481 e. The number of nitrogens with zero attached hydrogens (tertiary/aromatic N) is 1. The molecule has 0 bridgehead atoms. The first-order chi connectivity index (χ1) is 6.07. The molecule has 0 saturated carbocycles. The molecule has 0 rings (SSSR count). The number of carboxylic acid groups (broad SMARTS) is 2. The van der Waals surface area contributed by atoms with E-state index in [1.165, 1.54) is 0 Å². The topological polar surface area (TPSA) is 99.0 Å². The molecule has 7 heteroatoms. The molecule has 0 saturated heterocycles. The standard InChI is InChI=1S/C6H8N2O4S/c9-5(10)2-1-4(6(11)12)8-7-3-13/h4,8H,1-2H2,(H,9,10)(H,11,12)/t4-/m0/s1. The Bertz CT molecular complexity index is 249. The summed E-state index contributed by atoms with van der Waals surface area (Å²) in [6.07, 6.45) is -0.290. The van der Waals surface area contributed by atoms with Crippen molar-refractivity contribution in [3.8, 4) is 0 Å². The van der Waals surface area contributed by atoms with Crippen molar-refractivity contribution < 1.29 is 19.8 Å². The van der Waals surface area contributed by atoms with Crippen LogP contribution in [0.5, 0.6) is 0 Å². The van der Waals surface area contributed by atoms with Gasteiger partial charge in [0.1, 0.15) is 6.04 Å². The van der Waals surface area contributed by atoms with E-state index in [4.69, 9.17) is 10.2 Å². The first kappa shape index (κ1) is 11.5. The number of rotatable bonds is 6. The zero-order valence-electron chi connectivity index (χ0n) is 6.56. The monoisotopic (exact) mass is 204 g/mol. The number of isothiocyanates is 1. The van der Waals surface area contributed by atoms with Crippen LogP contribution in [-0.4, -0.2) is 33.4 Å². The lowest BCUT2D eigenvalue weighted by atomic mass is 10.2. The Morgan fingerprint density at radius 2 is 2.15 bits per heavy atom. The summed E-state index contributed by atoms with van der Waals surface area (Å²) in [7, 11) is 0. The van der Waals surface area contributed by atoms with E-state index in [9.17, 15) is 9.59 Å². The van der Waals surface area contributed by atoms with Gasteiger partial charge < -0.3 is 10.2 Å². The fourth-order valence-corrected chi connectivity index (χ4v) is 0.668. The van der Waals surface area contributed by atoms with Crippen molar-refractivity contribution in [2.24, 2.45) is 5.10 Å². The van der Waals surface area contributed by atoms with E-state index < -0.39 is 18.0 Å². The quantitative estimate of drug-likeness (QED) is 0.318. The summed E-state index contributed by atoms with van der Waals surface area (Å²) < 4.78 is 0. The summed E-state index contributed by atoms with van der Waals surface area (Å²) in [4.78, 5) is 20.6. The highest BCUT2D eigenvalue weighted by Crippen LogP contribution is 1.97. The molecule has 0 aliphatic heterocycles. The predicted octanol–water partition coefficient (Wildman–Crippen LogP) is -0.0882. The minimum atomic E-state index is -1.17. The van der Waals surface area contributed by atoms with Crippen molar-refractivity contribution in [3.05, 3.63) is 0 Å². The van der Waals surface area contributed by atoms with Crippen LogP contribution in [0.3, 0.4) is 0 Å². The van der Waals surface area contributed by atoms with Gasteiger partial charge >= 0.3 is 11.9 Å². The lowest BCUT2D eigenvalue weighted by molar-refractivity contribution is -0.140. The van der Waals surface area contributed by atoms with Gasteiger partial charge in [-0.2, -0.15) is 0 Å². The number of thiocarbonyl (C=S) groups is 1. The maximum Gasteiger partial charge on any atom is 0.327 e. The van der Waals surface area contributed by atoms with Crippen LogP contribution in [0.25, 0.3) is 0 Å². The number of hydrogen-bond donors (Lipinski definition) is 3. The van der Waals surface area contributed by atoms with E-state index in [0.717, 1.165) is 0 Å². The van der Waals surface area contributed by atoms with Gasteiger partial charge in [0.2, 0.25) is 0 Å². The van der Waals surface area contributed by atoms with Gasteiger partial charge in [0, 0.05) is 6.42 Å². The Morgan fingerprint density at radius 3 is 2.54 bits per heavy atom. The molecule has 6 nitrogen and oxygen atoms in total. The molecule has 1 atom stereocenters.